The molecule has 2 aliphatic heterocycles. The number of hydrogen-bond acceptors (Lipinski definition) is 5. The molecule has 0 radical (unpaired) electrons. The maximum Gasteiger partial charge on any atom is 0.308 e. The van der Waals surface area contributed by atoms with Crippen LogP contribution in [0.5, 0.6) is 0 Å². The molecule has 5 heteroatoms. The van der Waals surface area contributed by atoms with Gasteiger partial charge >= 0.3 is 11.9 Å². The molecule has 0 aromatic carbocycles. The largest absolute Gasteiger partial charge is 0.435 e. The lowest BCUT2D eigenvalue weighted by atomic mass is 9.59. The molecule has 2 saturated carbocycles. The lowest BCUT2D eigenvalue weighted by Gasteiger charge is -2.46. The minimum Gasteiger partial charge on any atom is -0.435 e. The van der Waals surface area contributed by atoms with Gasteiger partial charge < -0.3 is 14.2 Å². The van der Waals surface area contributed by atoms with Gasteiger partial charge in [-0.2, -0.15) is 0 Å². The van der Waals surface area contributed by atoms with Crippen molar-refractivity contribution in [2.45, 2.75) is 78.8 Å². The predicted octanol–water partition coefficient (Wildman–Crippen LogP) is 4.21. The van der Waals surface area contributed by atoms with Crippen molar-refractivity contribution >= 4 is 11.9 Å². The van der Waals surface area contributed by atoms with Crippen molar-refractivity contribution in [3.8, 4) is 0 Å². The fourth-order valence-electron chi connectivity index (χ4n) is 6.79. The smallest absolute Gasteiger partial charge is 0.308 e. The van der Waals surface area contributed by atoms with Gasteiger partial charge in [0.15, 0.2) is 0 Å². The Labute approximate surface area is 161 Å². The van der Waals surface area contributed by atoms with E-state index in [2.05, 4.69) is 27.4 Å². The van der Waals surface area contributed by atoms with Gasteiger partial charge in [-0.05, 0) is 54.8 Å². The molecular formula is C22H32O5. The van der Waals surface area contributed by atoms with E-state index >= 15 is 0 Å². The summed E-state index contributed by atoms with van der Waals surface area (Å²) in [5.41, 5.74) is 1.56. The van der Waals surface area contributed by atoms with Crippen LogP contribution in [0.2, 0.25) is 0 Å². The van der Waals surface area contributed by atoms with E-state index in [0.717, 1.165) is 19.3 Å². The molecule has 0 unspecified atom stereocenters. The average Bonchev–Trinajstić information content (AvgIpc) is 2.97. The number of fused-ring (bicyclic) bond motifs is 3. The van der Waals surface area contributed by atoms with E-state index in [1.807, 2.05) is 0 Å². The molecule has 4 rings (SSSR count). The summed E-state index contributed by atoms with van der Waals surface area (Å²) in [6, 6.07) is 0. The maximum atomic E-state index is 12.1. The fourth-order valence-corrected chi connectivity index (χ4v) is 6.79. The van der Waals surface area contributed by atoms with Gasteiger partial charge in [0, 0.05) is 18.8 Å². The molecule has 7 atom stereocenters. The zero-order valence-corrected chi connectivity index (χ0v) is 17.0. The molecule has 0 spiro atoms. The van der Waals surface area contributed by atoms with Crippen LogP contribution in [0.15, 0.2) is 12.2 Å². The quantitative estimate of drug-likeness (QED) is 0.534. The highest BCUT2D eigenvalue weighted by atomic mass is 16.8. The lowest BCUT2D eigenvalue weighted by molar-refractivity contribution is -0.213. The van der Waals surface area contributed by atoms with Gasteiger partial charge in [-0.15, -0.1) is 0 Å². The SMILES string of the molecule is C=C1CCCC(C)(C)[C@@H]2CC[C@@](C)([C@@H]3[C@@H]4OC(=O)C[C@H]3[C@H](OC(C)=O)O4)[C@H]12. The number of carbonyl (C=O) groups excluding carboxylic acids is 2. The second-order valence-corrected chi connectivity index (χ2v) is 9.99. The highest BCUT2D eigenvalue weighted by molar-refractivity contribution is 5.71. The molecule has 4 aliphatic rings. The number of ether oxygens (including phenoxy) is 3. The maximum absolute atomic E-state index is 12.1. The number of esters is 2. The van der Waals surface area contributed by atoms with Crippen LogP contribution in [0.3, 0.4) is 0 Å². The Morgan fingerprint density at radius 3 is 2.70 bits per heavy atom. The first-order chi connectivity index (χ1) is 12.6. The molecule has 2 heterocycles. The lowest BCUT2D eigenvalue weighted by Crippen LogP contribution is -2.47. The first-order valence-electron chi connectivity index (χ1n) is 10.3. The third-order valence-electron chi connectivity index (χ3n) is 7.94. The summed E-state index contributed by atoms with van der Waals surface area (Å²) in [5, 5.41) is 0. The van der Waals surface area contributed by atoms with Gasteiger partial charge in [0.25, 0.3) is 0 Å². The Kier molecular flexibility index (Phi) is 4.45. The van der Waals surface area contributed by atoms with E-state index in [1.165, 1.54) is 25.3 Å². The zero-order chi connectivity index (χ0) is 19.6. The summed E-state index contributed by atoms with van der Waals surface area (Å²) in [6.07, 6.45) is 4.65. The minimum absolute atomic E-state index is 0.0419. The molecule has 0 aromatic heterocycles. The van der Waals surface area contributed by atoms with Crippen molar-refractivity contribution < 1.29 is 23.8 Å². The number of carbonyl (C=O) groups is 2. The monoisotopic (exact) mass is 376 g/mol. The van der Waals surface area contributed by atoms with Crippen LogP contribution in [0.4, 0.5) is 0 Å². The van der Waals surface area contributed by atoms with Crippen molar-refractivity contribution in [3.63, 3.8) is 0 Å². The van der Waals surface area contributed by atoms with Crippen molar-refractivity contribution in [2.24, 2.45) is 34.5 Å². The highest BCUT2D eigenvalue weighted by Gasteiger charge is 2.64. The second-order valence-electron chi connectivity index (χ2n) is 9.99. The third kappa shape index (κ3) is 2.93. The Morgan fingerprint density at radius 1 is 1.26 bits per heavy atom. The molecule has 27 heavy (non-hydrogen) atoms. The van der Waals surface area contributed by atoms with Crippen LogP contribution < -0.4 is 0 Å². The Morgan fingerprint density at radius 2 is 2.00 bits per heavy atom. The van der Waals surface area contributed by atoms with Crippen LogP contribution in [-0.4, -0.2) is 24.5 Å². The second kappa shape index (κ2) is 6.33. The molecule has 2 bridgehead atoms. The van der Waals surface area contributed by atoms with Gasteiger partial charge in [0.05, 0.1) is 6.42 Å². The first-order valence-corrected chi connectivity index (χ1v) is 10.3. The van der Waals surface area contributed by atoms with Crippen molar-refractivity contribution in [1.82, 2.24) is 0 Å². The van der Waals surface area contributed by atoms with E-state index < -0.39 is 12.6 Å². The van der Waals surface area contributed by atoms with Crippen LogP contribution in [0, 0.1) is 34.5 Å². The summed E-state index contributed by atoms with van der Waals surface area (Å²) in [6.45, 7) is 13.0. The van der Waals surface area contributed by atoms with E-state index in [0.29, 0.717) is 11.8 Å². The van der Waals surface area contributed by atoms with Gasteiger partial charge in [-0.25, -0.2) is 0 Å². The summed E-state index contributed by atoms with van der Waals surface area (Å²) < 4.78 is 17.0. The summed E-state index contributed by atoms with van der Waals surface area (Å²) in [4.78, 5) is 23.6. The van der Waals surface area contributed by atoms with Crippen LogP contribution in [0.25, 0.3) is 0 Å². The van der Waals surface area contributed by atoms with Crippen LogP contribution in [0.1, 0.15) is 66.2 Å². The molecular weight excluding hydrogens is 344 g/mol. The summed E-state index contributed by atoms with van der Waals surface area (Å²) in [7, 11) is 0. The Balaban J connectivity index is 1.70. The van der Waals surface area contributed by atoms with Gasteiger partial charge in [-0.3, -0.25) is 9.59 Å². The standard InChI is InChI=1S/C22H32O5/c1-12-7-6-9-21(3,4)15-8-10-22(5,17(12)15)18-14-11-16(24)26-20(18)27-19(14)25-13(2)23/h14-15,17-20H,1,6-11H2,2-5H3/t14-,15-,17-,18+,19-,20-,22-/m1/s1. The normalized spacial score (nSPS) is 45.8. The molecule has 2 saturated heterocycles. The van der Waals surface area contributed by atoms with Crippen molar-refractivity contribution in [1.29, 1.82) is 0 Å². The molecule has 0 amide bonds. The predicted molar refractivity (Wildman–Crippen MR) is 99.2 cm³/mol. The van der Waals surface area contributed by atoms with Gasteiger partial charge in [0.1, 0.15) is 0 Å². The topological polar surface area (TPSA) is 61.8 Å². The summed E-state index contributed by atoms with van der Waals surface area (Å²) in [5.74, 6) is 0.244. The number of rotatable bonds is 2. The Bertz CT molecular complexity index is 668. The zero-order valence-electron chi connectivity index (χ0n) is 17.0. The molecule has 5 nitrogen and oxygen atoms in total. The first kappa shape index (κ1) is 19.0. The van der Waals surface area contributed by atoms with E-state index in [1.54, 1.807) is 0 Å². The van der Waals surface area contributed by atoms with E-state index in [-0.39, 0.29) is 41.0 Å². The van der Waals surface area contributed by atoms with Crippen molar-refractivity contribution in [3.05, 3.63) is 12.2 Å². The summed E-state index contributed by atoms with van der Waals surface area (Å²) >= 11 is 0. The van der Waals surface area contributed by atoms with E-state index in [9.17, 15) is 9.59 Å². The molecule has 150 valence electrons. The highest BCUT2D eigenvalue weighted by Crippen LogP contribution is 2.65. The number of hydrogen-bond donors (Lipinski definition) is 0. The van der Waals surface area contributed by atoms with Gasteiger partial charge in [-0.1, -0.05) is 32.9 Å². The van der Waals surface area contributed by atoms with E-state index in [4.69, 9.17) is 14.2 Å². The van der Waals surface area contributed by atoms with Crippen molar-refractivity contribution in [2.75, 3.05) is 0 Å². The van der Waals surface area contributed by atoms with Crippen LogP contribution in [-0.2, 0) is 23.8 Å². The van der Waals surface area contributed by atoms with Crippen LogP contribution >= 0.6 is 0 Å². The molecule has 4 fully saturated rings. The minimum atomic E-state index is -0.688. The molecule has 2 aliphatic carbocycles. The third-order valence-corrected chi connectivity index (χ3v) is 7.94. The Hall–Kier alpha value is -1.36. The average molecular weight is 376 g/mol. The number of allylic oxidation sites excluding steroid dienone is 1. The fraction of sp³-hybridized carbons (Fsp3) is 0.818. The van der Waals surface area contributed by atoms with Gasteiger partial charge in [0.2, 0.25) is 12.6 Å². The molecule has 0 N–H and O–H groups in total. The molecule has 0 aromatic rings.